The molecule has 0 radical (unpaired) electrons. The van der Waals surface area contributed by atoms with Gasteiger partial charge in [0.15, 0.2) is 5.78 Å². The van der Waals surface area contributed by atoms with Gasteiger partial charge in [-0.05, 0) is 42.5 Å². The van der Waals surface area contributed by atoms with Gasteiger partial charge in [-0.1, -0.05) is 35.9 Å². The minimum absolute atomic E-state index is 0.00228. The molecule has 0 bridgehead atoms. The van der Waals surface area contributed by atoms with Gasteiger partial charge in [-0.15, -0.1) is 0 Å². The molecule has 1 aliphatic heterocycles. The summed E-state index contributed by atoms with van der Waals surface area (Å²) in [5.41, 5.74) is 0.689. The second kappa shape index (κ2) is 8.08. The first kappa shape index (κ1) is 19.8. The van der Waals surface area contributed by atoms with E-state index in [-0.39, 0.29) is 30.0 Å². The third kappa shape index (κ3) is 3.57. The first-order valence-corrected chi connectivity index (χ1v) is 9.52. The Morgan fingerprint density at radius 3 is 2.20 bits per heavy atom. The largest absolute Gasteiger partial charge is 0.491 e. The highest BCUT2D eigenvalue weighted by molar-refractivity contribution is 6.31. The number of hydrogen-bond acceptors (Lipinski definition) is 4. The van der Waals surface area contributed by atoms with Gasteiger partial charge in [0.1, 0.15) is 18.2 Å². The number of carbonyl (C=O) groups excluding carboxylic acids is 3. The first-order chi connectivity index (χ1) is 14.5. The average molecular weight is 424 g/mol. The Hall–Kier alpha value is -3.51. The molecule has 2 amide bonds. The van der Waals surface area contributed by atoms with Crippen LogP contribution in [-0.2, 0) is 0 Å². The summed E-state index contributed by atoms with van der Waals surface area (Å²) >= 11 is 6.02. The smallest absolute Gasteiger partial charge is 0.261 e. The molecule has 0 fully saturated rings. The predicted molar refractivity (Wildman–Crippen MR) is 109 cm³/mol. The molecular formula is C23H15ClFNO4. The van der Waals surface area contributed by atoms with Crippen molar-refractivity contribution in [3.05, 3.63) is 99.8 Å². The maximum atomic E-state index is 14.1. The summed E-state index contributed by atoms with van der Waals surface area (Å²) in [7, 11) is 0. The van der Waals surface area contributed by atoms with Crippen molar-refractivity contribution in [3.8, 4) is 5.75 Å². The molecule has 0 aliphatic carbocycles. The van der Waals surface area contributed by atoms with Crippen LogP contribution in [0.1, 0.15) is 36.6 Å². The molecule has 30 heavy (non-hydrogen) atoms. The van der Waals surface area contributed by atoms with E-state index in [9.17, 15) is 18.8 Å². The number of nitrogens with zero attached hydrogens (tertiary/aromatic N) is 1. The van der Waals surface area contributed by atoms with Crippen LogP contribution < -0.4 is 4.74 Å². The molecule has 0 atom stereocenters. The number of carbonyl (C=O) groups is 3. The third-order valence-corrected chi connectivity index (χ3v) is 4.99. The summed E-state index contributed by atoms with van der Waals surface area (Å²) in [5.74, 6) is -1.83. The lowest BCUT2D eigenvalue weighted by atomic mass is 10.0. The summed E-state index contributed by atoms with van der Waals surface area (Å²) in [5, 5.41) is 0.294. The number of amides is 2. The van der Waals surface area contributed by atoms with Crippen LogP contribution >= 0.6 is 11.6 Å². The second-order valence-electron chi connectivity index (χ2n) is 6.61. The number of fused-ring (bicyclic) bond motifs is 1. The van der Waals surface area contributed by atoms with E-state index in [0.717, 1.165) is 4.90 Å². The van der Waals surface area contributed by atoms with Gasteiger partial charge in [0, 0.05) is 5.02 Å². The van der Waals surface area contributed by atoms with Crippen molar-refractivity contribution in [1.82, 2.24) is 4.90 Å². The Morgan fingerprint density at radius 1 is 0.900 bits per heavy atom. The fraction of sp³-hybridized carbons (Fsp3) is 0.0870. The topological polar surface area (TPSA) is 63.7 Å². The van der Waals surface area contributed by atoms with Crippen LogP contribution in [0.15, 0.2) is 66.7 Å². The molecule has 4 rings (SSSR count). The minimum Gasteiger partial charge on any atom is -0.491 e. The van der Waals surface area contributed by atoms with Gasteiger partial charge in [0.05, 0.1) is 28.8 Å². The maximum absolute atomic E-state index is 14.1. The van der Waals surface area contributed by atoms with E-state index < -0.39 is 23.4 Å². The minimum atomic E-state index is -0.653. The molecular weight excluding hydrogens is 409 g/mol. The molecule has 3 aromatic carbocycles. The standard InChI is InChI=1S/C23H15ClFNO4/c24-14-9-10-20(18(13-14)21(27)17-7-3-4-8-19(17)25)30-12-11-26-22(28)15-5-1-2-6-16(15)23(26)29/h1-10,13H,11-12H2. The van der Waals surface area contributed by atoms with Crippen molar-refractivity contribution in [2.75, 3.05) is 13.2 Å². The van der Waals surface area contributed by atoms with Gasteiger partial charge in [0.25, 0.3) is 11.8 Å². The van der Waals surface area contributed by atoms with E-state index in [4.69, 9.17) is 16.3 Å². The zero-order chi connectivity index (χ0) is 21.3. The quantitative estimate of drug-likeness (QED) is 0.436. The number of ether oxygens (including phenoxy) is 1. The van der Waals surface area contributed by atoms with Crippen LogP contribution in [-0.4, -0.2) is 35.6 Å². The summed E-state index contributed by atoms with van der Waals surface area (Å²) in [6, 6.07) is 16.6. The van der Waals surface area contributed by atoms with Crippen LogP contribution in [0.25, 0.3) is 0 Å². The molecule has 0 saturated carbocycles. The molecule has 0 N–H and O–H groups in total. The summed E-state index contributed by atoms with van der Waals surface area (Å²) in [6.07, 6.45) is 0. The number of hydrogen-bond donors (Lipinski definition) is 0. The molecule has 1 aliphatic rings. The molecule has 5 nitrogen and oxygen atoms in total. The third-order valence-electron chi connectivity index (χ3n) is 4.76. The maximum Gasteiger partial charge on any atom is 0.261 e. The van der Waals surface area contributed by atoms with Crippen molar-refractivity contribution in [2.24, 2.45) is 0 Å². The van der Waals surface area contributed by atoms with Crippen molar-refractivity contribution in [2.45, 2.75) is 0 Å². The lowest BCUT2D eigenvalue weighted by molar-refractivity contribution is 0.0630. The molecule has 3 aromatic rings. The van der Waals surface area contributed by atoms with Gasteiger partial charge >= 0.3 is 0 Å². The van der Waals surface area contributed by atoms with E-state index in [1.165, 1.54) is 36.4 Å². The molecule has 0 spiro atoms. The summed E-state index contributed by atoms with van der Waals surface area (Å²) in [6.45, 7) is -0.0348. The molecule has 7 heteroatoms. The van der Waals surface area contributed by atoms with Crippen molar-refractivity contribution in [3.63, 3.8) is 0 Å². The van der Waals surface area contributed by atoms with E-state index in [1.54, 1.807) is 30.3 Å². The average Bonchev–Trinajstić information content (AvgIpc) is 2.99. The lowest BCUT2D eigenvalue weighted by Gasteiger charge is -2.16. The van der Waals surface area contributed by atoms with E-state index >= 15 is 0 Å². The Balaban J connectivity index is 1.51. The van der Waals surface area contributed by atoms with Crippen molar-refractivity contribution >= 4 is 29.2 Å². The summed E-state index contributed by atoms with van der Waals surface area (Å²) < 4.78 is 19.7. The van der Waals surface area contributed by atoms with E-state index in [0.29, 0.717) is 16.1 Å². The number of rotatable bonds is 6. The Bertz CT molecular complexity index is 1140. The molecule has 0 aromatic heterocycles. The SMILES string of the molecule is O=C(c1ccccc1F)c1cc(Cl)ccc1OCCN1C(=O)c2ccccc2C1=O. The highest BCUT2D eigenvalue weighted by atomic mass is 35.5. The van der Waals surface area contributed by atoms with Gasteiger partial charge in [0.2, 0.25) is 0 Å². The molecule has 150 valence electrons. The van der Waals surface area contributed by atoms with Gasteiger partial charge in [-0.3, -0.25) is 19.3 Å². The number of benzene rings is 3. The van der Waals surface area contributed by atoms with E-state index in [1.807, 2.05) is 0 Å². The van der Waals surface area contributed by atoms with Crippen LogP contribution in [0.4, 0.5) is 4.39 Å². The van der Waals surface area contributed by atoms with Crippen LogP contribution in [0, 0.1) is 5.82 Å². The van der Waals surface area contributed by atoms with E-state index in [2.05, 4.69) is 0 Å². The van der Waals surface area contributed by atoms with Gasteiger partial charge in [-0.2, -0.15) is 0 Å². The lowest BCUT2D eigenvalue weighted by Crippen LogP contribution is -2.33. The molecule has 0 saturated heterocycles. The predicted octanol–water partition coefficient (Wildman–Crippen LogP) is 4.39. The molecule has 1 heterocycles. The van der Waals surface area contributed by atoms with Gasteiger partial charge < -0.3 is 4.74 Å². The van der Waals surface area contributed by atoms with Crippen LogP contribution in [0.2, 0.25) is 5.02 Å². The highest BCUT2D eigenvalue weighted by Gasteiger charge is 2.34. The Kier molecular flexibility index (Phi) is 5.33. The van der Waals surface area contributed by atoms with Crippen molar-refractivity contribution in [1.29, 1.82) is 0 Å². The summed E-state index contributed by atoms with van der Waals surface area (Å²) in [4.78, 5) is 38.8. The number of imide groups is 1. The molecule has 0 unspecified atom stereocenters. The Labute approximate surface area is 176 Å². The highest BCUT2D eigenvalue weighted by Crippen LogP contribution is 2.27. The zero-order valence-electron chi connectivity index (χ0n) is 15.6. The van der Waals surface area contributed by atoms with Crippen LogP contribution in [0.3, 0.4) is 0 Å². The van der Waals surface area contributed by atoms with Crippen molar-refractivity contribution < 1.29 is 23.5 Å². The number of halogens is 2. The monoisotopic (exact) mass is 423 g/mol. The number of ketones is 1. The zero-order valence-corrected chi connectivity index (χ0v) is 16.4. The first-order valence-electron chi connectivity index (χ1n) is 9.14. The van der Waals surface area contributed by atoms with Crippen LogP contribution in [0.5, 0.6) is 5.75 Å². The Morgan fingerprint density at radius 2 is 1.53 bits per heavy atom. The fourth-order valence-electron chi connectivity index (χ4n) is 3.29. The fourth-order valence-corrected chi connectivity index (χ4v) is 3.46. The normalized spacial score (nSPS) is 12.8. The van der Waals surface area contributed by atoms with Gasteiger partial charge in [-0.25, -0.2) is 4.39 Å². The second-order valence-corrected chi connectivity index (χ2v) is 7.04.